The van der Waals surface area contributed by atoms with E-state index < -0.39 is 23.3 Å². The molecule has 4 aromatic rings. The zero-order valence-corrected chi connectivity index (χ0v) is 12.2. The highest BCUT2D eigenvalue weighted by Gasteiger charge is 2.22. The molecule has 116 valence electrons. The number of nitrogens with zero attached hydrogens (tertiary/aromatic N) is 2. The van der Waals surface area contributed by atoms with Crippen LogP contribution in [0.2, 0.25) is 0 Å². The fraction of sp³-hybridized carbons (Fsp3) is 0. The van der Waals surface area contributed by atoms with Crippen LogP contribution in [0.5, 0.6) is 0 Å². The number of hydrogen-bond donors (Lipinski definition) is 2. The Morgan fingerprint density at radius 1 is 0.625 bits per heavy atom. The molecule has 0 saturated heterocycles. The van der Waals surface area contributed by atoms with Gasteiger partial charge < -0.3 is 10.2 Å². The van der Waals surface area contributed by atoms with Crippen LogP contribution in [-0.2, 0) is 0 Å². The number of fused-ring (bicyclic) bond motifs is 6. The lowest BCUT2D eigenvalue weighted by Crippen LogP contribution is -2.13. The Bertz CT molecular complexity index is 1080. The van der Waals surface area contributed by atoms with Crippen molar-refractivity contribution in [1.29, 1.82) is 0 Å². The molecule has 24 heavy (non-hydrogen) atoms. The van der Waals surface area contributed by atoms with Gasteiger partial charge >= 0.3 is 11.9 Å². The summed E-state index contributed by atoms with van der Waals surface area (Å²) in [7, 11) is 0. The van der Waals surface area contributed by atoms with E-state index in [9.17, 15) is 19.8 Å². The Hall–Kier alpha value is -3.54. The highest BCUT2D eigenvalue weighted by Crippen LogP contribution is 2.33. The molecule has 1 aromatic heterocycles. The van der Waals surface area contributed by atoms with Crippen LogP contribution in [0.3, 0.4) is 0 Å². The van der Waals surface area contributed by atoms with E-state index in [0.29, 0.717) is 11.0 Å². The summed E-state index contributed by atoms with van der Waals surface area (Å²) in [6.07, 6.45) is 0. The summed E-state index contributed by atoms with van der Waals surface area (Å²) in [6.45, 7) is 0. The van der Waals surface area contributed by atoms with Crippen LogP contribution in [0.25, 0.3) is 32.6 Å². The summed E-state index contributed by atoms with van der Waals surface area (Å²) in [6, 6.07) is 14.9. The second-order valence-corrected chi connectivity index (χ2v) is 5.32. The van der Waals surface area contributed by atoms with Crippen molar-refractivity contribution in [3.8, 4) is 0 Å². The fourth-order valence-electron chi connectivity index (χ4n) is 2.96. The van der Waals surface area contributed by atoms with Gasteiger partial charge in [0.1, 0.15) is 0 Å². The van der Waals surface area contributed by atoms with E-state index in [2.05, 4.69) is 9.97 Å². The number of hydrogen-bond acceptors (Lipinski definition) is 4. The van der Waals surface area contributed by atoms with Gasteiger partial charge in [-0.25, -0.2) is 19.6 Å². The highest BCUT2D eigenvalue weighted by atomic mass is 16.4. The SMILES string of the molecule is O=C(O)c1nc2c3ccccc3c3ccccc3c2nc1C(=O)O. The van der Waals surface area contributed by atoms with Crippen molar-refractivity contribution in [2.45, 2.75) is 0 Å². The van der Waals surface area contributed by atoms with Crippen LogP contribution in [-0.4, -0.2) is 32.1 Å². The summed E-state index contributed by atoms with van der Waals surface area (Å²) in [5.74, 6) is -2.84. The van der Waals surface area contributed by atoms with Gasteiger partial charge in [0, 0.05) is 10.8 Å². The van der Waals surface area contributed by atoms with E-state index in [1.54, 1.807) is 0 Å². The summed E-state index contributed by atoms with van der Waals surface area (Å²) in [5.41, 5.74) is -0.357. The van der Waals surface area contributed by atoms with Crippen molar-refractivity contribution in [2.24, 2.45) is 0 Å². The summed E-state index contributed by atoms with van der Waals surface area (Å²) in [5, 5.41) is 21.9. The quantitative estimate of drug-likeness (QED) is 0.550. The molecular weight excluding hydrogens is 308 g/mol. The summed E-state index contributed by atoms with van der Waals surface area (Å²) < 4.78 is 0. The van der Waals surface area contributed by atoms with Gasteiger partial charge in [0.15, 0.2) is 11.4 Å². The number of aromatic nitrogens is 2. The number of carboxylic acid groups (broad SMARTS) is 2. The Labute approximate surface area is 135 Å². The van der Waals surface area contributed by atoms with E-state index in [1.165, 1.54) is 0 Å². The number of carboxylic acids is 2. The standard InChI is InChI=1S/C18H10N2O4/c21-17(22)15-16(18(23)24)20-14-12-8-4-2-6-10(12)9-5-1-3-7-11(9)13(14)19-15/h1-8H,(H,21,22)(H,23,24). The monoisotopic (exact) mass is 318 g/mol. The molecule has 0 aliphatic rings. The smallest absolute Gasteiger partial charge is 0.357 e. The van der Waals surface area contributed by atoms with Gasteiger partial charge in [-0.3, -0.25) is 0 Å². The molecule has 0 radical (unpaired) electrons. The molecule has 2 N–H and O–H groups in total. The van der Waals surface area contributed by atoms with E-state index in [0.717, 1.165) is 21.5 Å². The summed E-state index contributed by atoms with van der Waals surface area (Å²) in [4.78, 5) is 31.1. The molecule has 0 spiro atoms. The topological polar surface area (TPSA) is 100 Å². The van der Waals surface area contributed by atoms with Crippen molar-refractivity contribution in [1.82, 2.24) is 9.97 Å². The second kappa shape index (κ2) is 4.99. The third kappa shape index (κ3) is 1.90. The van der Waals surface area contributed by atoms with Crippen molar-refractivity contribution in [3.63, 3.8) is 0 Å². The molecule has 3 aromatic carbocycles. The minimum atomic E-state index is -1.42. The van der Waals surface area contributed by atoms with Gasteiger partial charge in [0.2, 0.25) is 0 Å². The molecule has 0 bridgehead atoms. The van der Waals surface area contributed by atoms with Gasteiger partial charge in [0.05, 0.1) is 11.0 Å². The first kappa shape index (κ1) is 14.1. The lowest BCUT2D eigenvalue weighted by molar-refractivity contribution is 0.0642. The summed E-state index contributed by atoms with van der Waals surface area (Å²) >= 11 is 0. The van der Waals surface area contributed by atoms with Crippen LogP contribution in [0.15, 0.2) is 48.5 Å². The number of aromatic carboxylic acids is 2. The average Bonchev–Trinajstić information content (AvgIpc) is 2.60. The minimum absolute atomic E-state index is 0.381. The zero-order valence-electron chi connectivity index (χ0n) is 12.2. The fourth-order valence-corrected chi connectivity index (χ4v) is 2.96. The number of rotatable bonds is 2. The van der Waals surface area contributed by atoms with Crippen molar-refractivity contribution < 1.29 is 19.8 Å². The first-order chi connectivity index (χ1) is 11.6. The molecule has 6 heteroatoms. The van der Waals surface area contributed by atoms with Gasteiger partial charge in [-0.2, -0.15) is 0 Å². The average molecular weight is 318 g/mol. The number of carbonyl (C=O) groups is 2. The second-order valence-electron chi connectivity index (χ2n) is 5.32. The van der Waals surface area contributed by atoms with Crippen LogP contribution in [0.4, 0.5) is 0 Å². The maximum Gasteiger partial charge on any atom is 0.357 e. The maximum absolute atomic E-state index is 11.4. The van der Waals surface area contributed by atoms with Crippen molar-refractivity contribution in [2.75, 3.05) is 0 Å². The number of benzene rings is 3. The molecule has 0 aliphatic carbocycles. The molecule has 0 saturated carbocycles. The van der Waals surface area contributed by atoms with Crippen molar-refractivity contribution >= 4 is 44.5 Å². The lowest BCUT2D eigenvalue weighted by atomic mass is 9.99. The third-order valence-electron chi connectivity index (χ3n) is 3.96. The molecule has 0 amide bonds. The van der Waals surface area contributed by atoms with Gasteiger partial charge in [0.25, 0.3) is 0 Å². The largest absolute Gasteiger partial charge is 0.476 e. The molecule has 0 atom stereocenters. The zero-order chi connectivity index (χ0) is 16.8. The minimum Gasteiger partial charge on any atom is -0.476 e. The third-order valence-corrected chi connectivity index (χ3v) is 3.96. The van der Waals surface area contributed by atoms with E-state index in [1.807, 2.05) is 48.5 Å². The van der Waals surface area contributed by atoms with Gasteiger partial charge in [-0.15, -0.1) is 0 Å². The van der Waals surface area contributed by atoms with Crippen LogP contribution in [0.1, 0.15) is 21.0 Å². The molecule has 6 nitrogen and oxygen atoms in total. The van der Waals surface area contributed by atoms with Gasteiger partial charge in [-0.1, -0.05) is 48.5 Å². The van der Waals surface area contributed by atoms with Crippen LogP contribution in [0, 0.1) is 0 Å². The predicted molar refractivity (Wildman–Crippen MR) is 88.5 cm³/mol. The normalized spacial score (nSPS) is 11.2. The molecule has 1 heterocycles. The van der Waals surface area contributed by atoms with Crippen LogP contribution < -0.4 is 0 Å². The van der Waals surface area contributed by atoms with E-state index in [4.69, 9.17) is 0 Å². The Morgan fingerprint density at radius 3 is 1.29 bits per heavy atom. The highest BCUT2D eigenvalue weighted by molar-refractivity contribution is 6.23. The lowest BCUT2D eigenvalue weighted by Gasteiger charge is -2.10. The van der Waals surface area contributed by atoms with Crippen LogP contribution >= 0.6 is 0 Å². The predicted octanol–water partition coefficient (Wildman–Crippen LogP) is 3.33. The van der Waals surface area contributed by atoms with E-state index in [-0.39, 0.29) is 0 Å². The molecule has 0 aliphatic heterocycles. The Morgan fingerprint density at radius 2 is 0.958 bits per heavy atom. The Balaban J connectivity index is 2.33. The molecule has 4 rings (SSSR count). The first-order valence-electron chi connectivity index (χ1n) is 7.15. The molecule has 0 unspecified atom stereocenters. The van der Waals surface area contributed by atoms with Gasteiger partial charge in [-0.05, 0) is 10.8 Å². The first-order valence-corrected chi connectivity index (χ1v) is 7.15. The van der Waals surface area contributed by atoms with Crippen molar-refractivity contribution in [3.05, 3.63) is 59.9 Å². The Kier molecular flexibility index (Phi) is 2.93. The molecular formula is C18H10N2O4. The molecule has 0 fully saturated rings. The maximum atomic E-state index is 11.4. The van der Waals surface area contributed by atoms with E-state index >= 15 is 0 Å².